The van der Waals surface area contributed by atoms with E-state index in [1.165, 1.54) is 0 Å². The zero-order chi connectivity index (χ0) is 28.9. The second-order valence-corrected chi connectivity index (χ2v) is 11.1. The number of rotatable bonds is 10. The number of fused-ring (bicyclic) bond motifs is 3. The maximum absolute atomic E-state index is 13.4. The van der Waals surface area contributed by atoms with Crippen molar-refractivity contribution in [1.82, 2.24) is 10.6 Å². The highest BCUT2D eigenvalue weighted by atomic mass is 16.5. The number of hydrogen-bond donors (Lipinski definition) is 3. The van der Waals surface area contributed by atoms with Crippen molar-refractivity contribution in [2.75, 3.05) is 6.61 Å². The number of nitrogens with one attached hydrogen (secondary N) is 2. The van der Waals surface area contributed by atoms with Crippen LogP contribution >= 0.6 is 0 Å². The van der Waals surface area contributed by atoms with E-state index >= 15 is 0 Å². The van der Waals surface area contributed by atoms with Gasteiger partial charge in [0.1, 0.15) is 18.7 Å². The first-order chi connectivity index (χ1) is 19.1. The Kier molecular flexibility index (Phi) is 8.90. The monoisotopic (exact) mass is 544 g/mol. The number of carboxylic acid groups (broad SMARTS) is 1. The van der Waals surface area contributed by atoms with E-state index < -0.39 is 41.6 Å². The van der Waals surface area contributed by atoms with Crippen LogP contribution in [0.15, 0.2) is 78.9 Å². The number of amides is 2. The van der Waals surface area contributed by atoms with Crippen LogP contribution in [-0.2, 0) is 25.7 Å². The third kappa shape index (κ3) is 6.69. The minimum absolute atomic E-state index is 0.0766. The molecule has 3 aromatic rings. The van der Waals surface area contributed by atoms with E-state index in [4.69, 9.17) is 9.47 Å². The number of benzene rings is 3. The summed E-state index contributed by atoms with van der Waals surface area (Å²) in [6.45, 7) is 7.09. The highest BCUT2D eigenvalue weighted by Crippen LogP contribution is 2.44. The summed E-state index contributed by atoms with van der Waals surface area (Å²) in [7, 11) is 0. The second kappa shape index (κ2) is 12.3. The molecule has 8 nitrogen and oxygen atoms in total. The summed E-state index contributed by atoms with van der Waals surface area (Å²) >= 11 is 0. The SMILES string of the molecule is CC(OCc1ccccc1)C(NC(=O)OCC1c2ccccc2-c2ccccc21)C(=O)N[C@@H](C(=O)O)C(C)(C)C. The molecule has 1 aliphatic carbocycles. The highest BCUT2D eigenvalue weighted by molar-refractivity contribution is 5.90. The second-order valence-electron chi connectivity index (χ2n) is 11.1. The summed E-state index contributed by atoms with van der Waals surface area (Å²) in [6.07, 6.45) is -1.57. The molecule has 0 saturated heterocycles. The minimum Gasteiger partial charge on any atom is -0.480 e. The molecule has 210 valence electrons. The third-order valence-electron chi connectivity index (χ3n) is 7.12. The Bertz CT molecular complexity index is 1310. The Morgan fingerprint density at radius 1 is 0.850 bits per heavy atom. The maximum atomic E-state index is 13.4. The van der Waals surface area contributed by atoms with Gasteiger partial charge in [0.2, 0.25) is 5.91 Å². The van der Waals surface area contributed by atoms with Gasteiger partial charge in [0.25, 0.3) is 0 Å². The molecule has 8 heteroatoms. The third-order valence-corrected chi connectivity index (χ3v) is 7.12. The topological polar surface area (TPSA) is 114 Å². The minimum atomic E-state index is -1.19. The Morgan fingerprint density at radius 2 is 1.40 bits per heavy atom. The summed E-state index contributed by atoms with van der Waals surface area (Å²) in [5, 5.41) is 14.9. The van der Waals surface area contributed by atoms with Gasteiger partial charge >= 0.3 is 12.1 Å². The van der Waals surface area contributed by atoms with E-state index in [1.807, 2.05) is 66.7 Å². The molecule has 0 heterocycles. The lowest BCUT2D eigenvalue weighted by Crippen LogP contribution is -2.58. The van der Waals surface area contributed by atoms with Crippen LogP contribution in [0.1, 0.15) is 50.3 Å². The number of carboxylic acids is 1. The predicted octanol–water partition coefficient (Wildman–Crippen LogP) is 5.11. The molecule has 1 aliphatic rings. The first-order valence-electron chi connectivity index (χ1n) is 13.4. The molecule has 2 unspecified atom stereocenters. The van der Waals surface area contributed by atoms with E-state index in [9.17, 15) is 19.5 Å². The van der Waals surface area contributed by atoms with Crippen LogP contribution in [-0.4, -0.2) is 47.9 Å². The van der Waals surface area contributed by atoms with E-state index in [-0.39, 0.29) is 19.1 Å². The smallest absolute Gasteiger partial charge is 0.407 e. The van der Waals surface area contributed by atoms with Gasteiger partial charge in [-0.3, -0.25) is 4.79 Å². The van der Waals surface area contributed by atoms with Crippen molar-refractivity contribution in [3.63, 3.8) is 0 Å². The predicted molar refractivity (Wildman–Crippen MR) is 152 cm³/mol. The van der Waals surface area contributed by atoms with Crippen LogP contribution in [0.4, 0.5) is 4.79 Å². The van der Waals surface area contributed by atoms with Gasteiger partial charge < -0.3 is 25.2 Å². The lowest BCUT2D eigenvalue weighted by Gasteiger charge is -2.31. The molecular weight excluding hydrogens is 508 g/mol. The molecular formula is C32H36N2O6. The maximum Gasteiger partial charge on any atom is 0.407 e. The van der Waals surface area contributed by atoms with Gasteiger partial charge in [-0.05, 0) is 40.2 Å². The summed E-state index contributed by atoms with van der Waals surface area (Å²) in [4.78, 5) is 38.3. The van der Waals surface area contributed by atoms with Crippen LogP contribution < -0.4 is 10.6 Å². The van der Waals surface area contributed by atoms with Crippen molar-refractivity contribution in [2.45, 2.75) is 58.4 Å². The molecule has 0 spiro atoms. The van der Waals surface area contributed by atoms with Crippen molar-refractivity contribution in [3.8, 4) is 11.1 Å². The Morgan fingerprint density at radius 3 is 1.95 bits per heavy atom. The summed E-state index contributed by atoms with van der Waals surface area (Å²) in [5.41, 5.74) is 4.49. The van der Waals surface area contributed by atoms with Gasteiger partial charge in [0.15, 0.2) is 0 Å². The molecule has 0 saturated carbocycles. The molecule has 2 amide bonds. The van der Waals surface area contributed by atoms with Gasteiger partial charge in [0.05, 0.1) is 12.7 Å². The van der Waals surface area contributed by atoms with E-state index in [2.05, 4.69) is 22.8 Å². The van der Waals surface area contributed by atoms with Gasteiger partial charge in [-0.15, -0.1) is 0 Å². The summed E-state index contributed by atoms with van der Waals surface area (Å²) in [6, 6.07) is 23.1. The van der Waals surface area contributed by atoms with Crippen LogP contribution in [0.5, 0.6) is 0 Å². The fourth-order valence-corrected chi connectivity index (χ4v) is 4.94. The molecule has 4 rings (SSSR count). The number of aliphatic carboxylic acids is 1. The molecule has 0 bridgehead atoms. The van der Waals surface area contributed by atoms with E-state index in [1.54, 1.807) is 27.7 Å². The molecule has 0 radical (unpaired) electrons. The van der Waals surface area contributed by atoms with Crippen LogP contribution in [0, 0.1) is 5.41 Å². The molecule has 3 N–H and O–H groups in total. The summed E-state index contributed by atoms with van der Waals surface area (Å²) < 4.78 is 11.6. The van der Waals surface area contributed by atoms with Gasteiger partial charge in [-0.25, -0.2) is 9.59 Å². The first-order valence-corrected chi connectivity index (χ1v) is 13.4. The fraction of sp³-hybridized carbons (Fsp3) is 0.344. The Labute approximate surface area is 234 Å². The molecule has 0 fully saturated rings. The molecule has 0 aliphatic heterocycles. The zero-order valence-electron chi connectivity index (χ0n) is 23.2. The highest BCUT2D eigenvalue weighted by Gasteiger charge is 2.37. The number of carbonyl (C=O) groups excluding carboxylic acids is 2. The van der Waals surface area contributed by atoms with Gasteiger partial charge in [0, 0.05) is 5.92 Å². The molecule has 40 heavy (non-hydrogen) atoms. The van der Waals surface area contributed by atoms with Crippen molar-refractivity contribution in [2.24, 2.45) is 5.41 Å². The quantitative estimate of drug-likeness (QED) is 0.327. The lowest BCUT2D eigenvalue weighted by molar-refractivity contribution is -0.146. The average molecular weight is 545 g/mol. The first kappa shape index (κ1) is 28.8. The normalized spacial score (nSPS) is 14.8. The van der Waals surface area contributed by atoms with Crippen molar-refractivity contribution < 1.29 is 29.0 Å². The fourth-order valence-electron chi connectivity index (χ4n) is 4.94. The van der Waals surface area contributed by atoms with Crippen LogP contribution in [0.25, 0.3) is 11.1 Å². The number of hydrogen-bond acceptors (Lipinski definition) is 5. The number of carbonyl (C=O) groups is 3. The van der Waals surface area contributed by atoms with E-state index in [0.29, 0.717) is 0 Å². The number of alkyl carbamates (subject to hydrolysis) is 1. The summed E-state index contributed by atoms with van der Waals surface area (Å²) in [5.74, 6) is -1.98. The number of ether oxygens (including phenoxy) is 2. The Hall–Kier alpha value is -4.17. The zero-order valence-corrected chi connectivity index (χ0v) is 23.2. The van der Waals surface area contributed by atoms with Crippen molar-refractivity contribution in [3.05, 3.63) is 95.6 Å². The van der Waals surface area contributed by atoms with Gasteiger partial charge in [-0.1, -0.05) is 99.6 Å². The molecule has 3 atom stereocenters. The van der Waals surface area contributed by atoms with Crippen molar-refractivity contribution >= 4 is 18.0 Å². The lowest BCUT2D eigenvalue weighted by atomic mass is 9.86. The molecule has 3 aromatic carbocycles. The Balaban J connectivity index is 1.48. The standard InChI is InChI=1S/C32H36N2O6/c1-20(39-18-21-12-6-5-7-13-21)27(29(35)34-28(30(36)37)32(2,3)4)33-31(38)40-19-26-24-16-10-8-14-22(24)23-15-9-11-17-25(23)26/h5-17,20,26-28H,18-19H2,1-4H3,(H,33,38)(H,34,35)(H,36,37)/t20?,27?,28-/m0/s1. The molecule has 0 aromatic heterocycles. The average Bonchev–Trinajstić information content (AvgIpc) is 3.25. The largest absolute Gasteiger partial charge is 0.480 e. The van der Waals surface area contributed by atoms with E-state index in [0.717, 1.165) is 27.8 Å². The van der Waals surface area contributed by atoms with Gasteiger partial charge in [-0.2, -0.15) is 0 Å². The van der Waals surface area contributed by atoms with Crippen LogP contribution in [0.2, 0.25) is 0 Å². The van der Waals surface area contributed by atoms with Crippen LogP contribution in [0.3, 0.4) is 0 Å². The van der Waals surface area contributed by atoms with Crippen molar-refractivity contribution in [1.29, 1.82) is 0 Å².